The molecule has 0 fully saturated rings. The fourth-order valence-corrected chi connectivity index (χ4v) is 10.9. The maximum absolute atomic E-state index is 5.16. The lowest BCUT2D eigenvalue weighted by molar-refractivity contribution is 0.769. The first-order chi connectivity index (χ1) is 36.2. The van der Waals surface area contributed by atoms with E-state index in [2.05, 4.69) is 261 Å². The predicted octanol–water partition coefficient (Wildman–Crippen LogP) is 17.6. The van der Waals surface area contributed by atoms with Gasteiger partial charge in [-0.25, -0.2) is 15.0 Å². The van der Waals surface area contributed by atoms with Crippen LogP contribution in [0, 0.1) is 0 Å². The van der Waals surface area contributed by atoms with Crippen LogP contribution in [-0.2, 0) is 5.41 Å². The Morgan fingerprint density at radius 3 is 1.10 bits per heavy atom. The molecule has 0 saturated heterocycles. The van der Waals surface area contributed by atoms with E-state index < -0.39 is 5.41 Å². The first kappa shape index (κ1) is 43.5. The van der Waals surface area contributed by atoms with Crippen molar-refractivity contribution in [3.63, 3.8) is 0 Å². The molecule has 1 heterocycles. The molecule has 13 rings (SSSR count). The second-order valence-electron chi connectivity index (χ2n) is 18.7. The number of benzene rings is 11. The van der Waals surface area contributed by atoms with Crippen molar-refractivity contribution < 1.29 is 0 Å². The van der Waals surface area contributed by atoms with Crippen LogP contribution in [0.4, 0.5) is 0 Å². The largest absolute Gasteiger partial charge is 0.208 e. The van der Waals surface area contributed by atoms with E-state index in [9.17, 15) is 0 Å². The van der Waals surface area contributed by atoms with Crippen molar-refractivity contribution in [2.24, 2.45) is 0 Å². The number of nitrogens with zero attached hydrogens (tertiary/aromatic N) is 3. The van der Waals surface area contributed by atoms with Crippen molar-refractivity contribution in [1.82, 2.24) is 15.0 Å². The van der Waals surface area contributed by atoms with Gasteiger partial charge in [0.25, 0.3) is 0 Å². The number of fused-ring (bicyclic) bond motifs is 3. The Morgan fingerprint density at radius 1 is 0.192 bits per heavy atom. The first-order valence-electron chi connectivity index (χ1n) is 24.9. The zero-order valence-corrected chi connectivity index (χ0v) is 40.0. The third-order valence-electron chi connectivity index (χ3n) is 14.4. The standard InChI is InChI=1S/C70H47N3/c1-6-20-48(21-7-1)50-36-40-52(41-37-50)62-46-64-61-34-16-17-35-65(61)70(59-30-12-4-13-31-59,60-32-14-5-15-33-60)66(64)47-63(62)57-28-18-26-55(44-57)56-27-19-29-58(45-56)69-72-67(53-24-10-3-11-25-53)71-68(73-69)54-42-38-51(39-43-54)49-22-8-2-9-23-49/h1-47H. The van der Waals surface area contributed by atoms with E-state index in [1.54, 1.807) is 0 Å². The fraction of sp³-hybridized carbons (Fsp3) is 0.0143. The van der Waals surface area contributed by atoms with Gasteiger partial charge in [0.15, 0.2) is 17.5 Å². The molecule has 0 unspecified atom stereocenters. The fourth-order valence-electron chi connectivity index (χ4n) is 10.9. The first-order valence-corrected chi connectivity index (χ1v) is 24.9. The molecule has 73 heavy (non-hydrogen) atoms. The molecule has 1 aliphatic rings. The molecule has 3 nitrogen and oxygen atoms in total. The number of rotatable bonds is 10. The maximum Gasteiger partial charge on any atom is 0.164 e. The van der Waals surface area contributed by atoms with Gasteiger partial charge in [-0.15, -0.1) is 0 Å². The highest BCUT2D eigenvalue weighted by Gasteiger charge is 2.46. The van der Waals surface area contributed by atoms with Crippen molar-refractivity contribution >= 4 is 0 Å². The molecule has 12 aromatic rings. The summed E-state index contributed by atoms with van der Waals surface area (Å²) in [7, 11) is 0. The molecule has 342 valence electrons. The highest BCUT2D eigenvalue weighted by Crippen LogP contribution is 2.58. The third kappa shape index (κ3) is 7.94. The third-order valence-corrected chi connectivity index (χ3v) is 14.4. The molecule has 1 aromatic heterocycles. The monoisotopic (exact) mass is 929 g/mol. The Bertz CT molecular complexity index is 3870. The lowest BCUT2D eigenvalue weighted by atomic mass is 9.67. The summed E-state index contributed by atoms with van der Waals surface area (Å²) < 4.78 is 0. The Labute approximate surface area is 426 Å². The van der Waals surface area contributed by atoms with Crippen LogP contribution in [0.5, 0.6) is 0 Å². The van der Waals surface area contributed by atoms with Crippen molar-refractivity contribution in [3.05, 3.63) is 307 Å². The highest BCUT2D eigenvalue weighted by atomic mass is 15.0. The maximum atomic E-state index is 5.16. The molecular weight excluding hydrogens is 883 g/mol. The lowest BCUT2D eigenvalue weighted by Gasteiger charge is -2.34. The summed E-state index contributed by atoms with van der Waals surface area (Å²) in [5, 5.41) is 0. The topological polar surface area (TPSA) is 38.7 Å². The quantitative estimate of drug-likeness (QED) is 0.137. The number of aromatic nitrogens is 3. The Balaban J connectivity index is 0.961. The Morgan fingerprint density at radius 2 is 0.548 bits per heavy atom. The van der Waals surface area contributed by atoms with Crippen LogP contribution in [0.25, 0.3) is 101 Å². The van der Waals surface area contributed by atoms with Crippen LogP contribution >= 0.6 is 0 Å². The molecule has 0 spiro atoms. The van der Waals surface area contributed by atoms with Crippen molar-refractivity contribution in [2.45, 2.75) is 5.41 Å². The number of hydrogen-bond acceptors (Lipinski definition) is 3. The zero-order valence-electron chi connectivity index (χ0n) is 40.0. The summed E-state index contributed by atoms with van der Waals surface area (Å²) in [5.41, 5.74) is 21.3. The van der Waals surface area contributed by atoms with Gasteiger partial charge in [-0.3, -0.25) is 0 Å². The summed E-state index contributed by atoms with van der Waals surface area (Å²) in [6, 6.07) is 102. The molecule has 0 radical (unpaired) electrons. The average molecular weight is 930 g/mol. The SMILES string of the molecule is c1ccc(-c2ccc(-c3nc(-c4ccccc4)nc(-c4cccc(-c5cccc(-c6cc7c(cc6-c6ccc(-c8ccccc8)cc6)-c6ccccc6C7(c6ccccc6)c6ccccc6)c5)c4)n3)cc2)cc1. The second-order valence-corrected chi connectivity index (χ2v) is 18.7. The highest BCUT2D eigenvalue weighted by molar-refractivity contribution is 5.96. The average Bonchev–Trinajstić information content (AvgIpc) is 3.80. The Kier molecular flexibility index (Phi) is 11.1. The van der Waals surface area contributed by atoms with Crippen LogP contribution < -0.4 is 0 Å². The summed E-state index contributed by atoms with van der Waals surface area (Å²) in [6.45, 7) is 0. The van der Waals surface area contributed by atoms with Crippen LogP contribution in [0.1, 0.15) is 22.3 Å². The zero-order chi connectivity index (χ0) is 48.6. The van der Waals surface area contributed by atoms with Gasteiger partial charge in [0.05, 0.1) is 5.41 Å². The van der Waals surface area contributed by atoms with Gasteiger partial charge < -0.3 is 0 Å². The van der Waals surface area contributed by atoms with Crippen molar-refractivity contribution in [3.8, 4) is 101 Å². The van der Waals surface area contributed by atoms with E-state index in [4.69, 9.17) is 15.0 Å². The van der Waals surface area contributed by atoms with E-state index >= 15 is 0 Å². The van der Waals surface area contributed by atoms with Crippen molar-refractivity contribution in [2.75, 3.05) is 0 Å². The normalized spacial score (nSPS) is 12.2. The molecule has 1 aliphatic carbocycles. The Hall–Kier alpha value is -9.57. The van der Waals surface area contributed by atoms with E-state index in [1.165, 1.54) is 61.2 Å². The van der Waals surface area contributed by atoms with Gasteiger partial charge in [0, 0.05) is 16.7 Å². The molecule has 11 aromatic carbocycles. The van der Waals surface area contributed by atoms with Crippen molar-refractivity contribution in [1.29, 1.82) is 0 Å². The van der Waals surface area contributed by atoms with E-state index in [0.717, 1.165) is 44.5 Å². The predicted molar refractivity (Wildman–Crippen MR) is 301 cm³/mol. The molecule has 0 atom stereocenters. The minimum absolute atomic E-state index is 0.545. The molecule has 0 bridgehead atoms. The smallest absolute Gasteiger partial charge is 0.164 e. The van der Waals surface area contributed by atoms with E-state index in [-0.39, 0.29) is 0 Å². The molecule has 3 heteroatoms. The van der Waals surface area contributed by atoms with Gasteiger partial charge in [-0.1, -0.05) is 261 Å². The van der Waals surface area contributed by atoms with Gasteiger partial charge in [0.1, 0.15) is 0 Å². The summed E-state index contributed by atoms with van der Waals surface area (Å²) in [6.07, 6.45) is 0. The number of hydrogen-bond donors (Lipinski definition) is 0. The molecular formula is C70H47N3. The lowest BCUT2D eigenvalue weighted by Crippen LogP contribution is -2.28. The molecule has 0 aliphatic heterocycles. The van der Waals surface area contributed by atoms with Gasteiger partial charge in [-0.2, -0.15) is 0 Å². The van der Waals surface area contributed by atoms with E-state index in [0.29, 0.717) is 17.5 Å². The van der Waals surface area contributed by atoms with Gasteiger partial charge in [-0.05, 0) is 113 Å². The van der Waals surface area contributed by atoms with E-state index in [1.807, 2.05) is 24.3 Å². The second kappa shape index (κ2) is 18.6. The summed E-state index contributed by atoms with van der Waals surface area (Å²) in [4.78, 5) is 15.3. The molecule has 0 saturated carbocycles. The van der Waals surface area contributed by atoms with Crippen LogP contribution in [-0.4, -0.2) is 15.0 Å². The minimum atomic E-state index is -0.545. The van der Waals surface area contributed by atoms with Gasteiger partial charge >= 0.3 is 0 Å². The summed E-state index contributed by atoms with van der Waals surface area (Å²) >= 11 is 0. The van der Waals surface area contributed by atoms with Crippen LogP contribution in [0.3, 0.4) is 0 Å². The molecule has 0 N–H and O–H groups in total. The van der Waals surface area contributed by atoms with Crippen LogP contribution in [0.2, 0.25) is 0 Å². The summed E-state index contributed by atoms with van der Waals surface area (Å²) in [5.74, 6) is 1.87. The minimum Gasteiger partial charge on any atom is -0.208 e. The molecule has 0 amide bonds. The van der Waals surface area contributed by atoms with Crippen LogP contribution in [0.15, 0.2) is 285 Å². The van der Waals surface area contributed by atoms with Gasteiger partial charge in [0.2, 0.25) is 0 Å².